The number of rotatable bonds is 1. The van der Waals surface area contributed by atoms with Gasteiger partial charge in [0.25, 0.3) is 0 Å². The van der Waals surface area contributed by atoms with Gasteiger partial charge in [-0.25, -0.2) is 0 Å². The number of nitrogens with zero attached hydrogens (tertiary/aromatic N) is 1. The number of hydrogen-bond donors (Lipinski definition) is 0. The van der Waals surface area contributed by atoms with Crippen LogP contribution in [-0.2, 0) is 0 Å². The van der Waals surface area contributed by atoms with E-state index in [0.29, 0.717) is 5.54 Å². The summed E-state index contributed by atoms with van der Waals surface area (Å²) in [5, 5.41) is 0. The van der Waals surface area contributed by atoms with Crippen LogP contribution in [0.25, 0.3) is 0 Å². The van der Waals surface area contributed by atoms with Gasteiger partial charge in [-0.2, -0.15) is 0 Å². The molecule has 0 radical (unpaired) electrons. The molecule has 0 unspecified atom stereocenters. The van der Waals surface area contributed by atoms with Crippen molar-refractivity contribution >= 4 is 0 Å². The van der Waals surface area contributed by atoms with E-state index in [1.165, 1.54) is 45.2 Å². The Kier molecular flexibility index (Phi) is 2.19. The minimum atomic E-state index is 0. The van der Waals surface area contributed by atoms with Crippen molar-refractivity contribution in [1.82, 2.24) is 4.90 Å². The molecule has 2 heteroatoms. The summed E-state index contributed by atoms with van der Waals surface area (Å²) in [5.41, 5.74) is 1.45. The lowest BCUT2D eigenvalue weighted by atomic mass is 9.80. The molecule has 0 amide bonds. The summed E-state index contributed by atoms with van der Waals surface area (Å²) in [6.45, 7) is 7.69. The Hall–Kier alpha value is -0.110. The van der Waals surface area contributed by atoms with E-state index in [2.05, 4.69) is 18.7 Å². The van der Waals surface area contributed by atoms with Crippen molar-refractivity contribution in [2.24, 2.45) is 11.3 Å². The molecule has 1 atom stereocenters. The Balaban J connectivity index is 0.000000750. The normalized spacial score (nSPS) is 38.8. The molecule has 2 heterocycles. The topological polar surface area (TPSA) is 3.24 Å². The molecule has 1 spiro atoms. The molecule has 2 aliphatic heterocycles. The van der Waals surface area contributed by atoms with E-state index in [0.717, 1.165) is 11.3 Å². The fourth-order valence-electron chi connectivity index (χ4n) is 3.87. The quantitative estimate of drug-likeness (QED) is 0.627. The maximum atomic E-state index is 2.82. The second-order valence-corrected chi connectivity index (χ2v) is 5.96. The van der Waals surface area contributed by atoms with E-state index in [4.69, 9.17) is 0 Å². The molecule has 3 aliphatic rings. The Morgan fingerprint density at radius 3 is 2.36 bits per heavy atom. The molecule has 3 rings (SSSR count). The van der Waals surface area contributed by atoms with Crippen molar-refractivity contribution < 1.29 is 4.70 Å². The molecular weight excluding hydrogens is 177 g/mol. The van der Waals surface area contributed by atoms with Gasteiger partial charge in [-0.3, -0.25) is 9.60 Å². The van der Waals surface area contributed by atoms with Crippen molar-refractivity contribution in [1.29, 1.82) is 0 Å². The molecule has 0 N–H and O–H groups in total. The highest BCUT2D eigenvalue weighted by molar-refractivity contribution is 5.14. The van der Waals surface area contributed by atoms with Gasteiger partial charge in [0.05, 0.1) is 0 Å². The molecule has 82 valence electrons. The van der Waals surface area contributed by atoms with Gasteiger partial charge >= 0.3 is 0 Å². The minimum Gasteiger partial charge on any atom is -0.297 e. The largest absolute Gasteiger partial charge is 0.297 e. The van der Waals surface area contributed by atoms with Gasteiger partial charge in [0.2, 0.25) is 0 Å². The number of halogens is 1. The van der Waals surface area contributed by atoms with Gasteiger partial charge < -0.3 is 0 Å². The molecule has 0 aromatic heterocycles. The number of hydrogen-bond acceptors (Lipinski definition) is 1. The van der Waals surface area contributed by atoms with Crippen molar-refractivity contribution in [3.63, 3.8) is 0 Å². The third-order valence-corrected chi connectivity index (χ3v) is 4.91. The highest BCUT2D eigenvalue weighted by atomic mass is 19.0. The van der Waals surface area contributed by atoms with Crippen LogP contribution in [0.1, 0.15) is 46.0 Å². The third kappa shape index (κ3) is 1.16. The summed E-state index contributed by atoms with van der Waals surface area (Å²) in [4.78, 5) is 2.82. The average molecular weight is 199 g/mol. The fraction of sp³-hybridized carbons (Fsp3) is 1.00. The maximum absolute atomic E-state index is 2.82. The molecular formula is C12H22FN. The second kappa shape index (κ2) is 2.94. The molecule has 14 heavy (non-hydrogen) atoms. The van der Waals surface area contributed by atoms with Crippen LogP contribution in [0, 0.1) is 11.3 Å². The van der Waals surface area contributed by atoms with E-state index < -0.39 is 0 Å². The van der Waals surface area contributed by atoms with Crippen LogP contribution in [0.4, 0.5) is 4.70 Å². The first kappa shape index (κ1) is 10.4. The predicted octanol–water partition coefficient (Wildman–Crippen LogP) is 2.81. The summed E-state index contributed by atoms with van der Waals surface area (Å²) in [5.74, 6) is 0.870. The summed E-state index contributed by atoms with van der Waals surface area (Å²) < 4.78 is 0. The number of fused-ring (bicyclic) bond motifs is 1. The molecule has 0 bridgehead atoms. The van der Waals surface area contributed by atoms with Crippen molar-refractivity contribution in [2.45, 2.75) is 51.5 Å². The predicted molar refractivity (Wildman–Crippen MR) is 57.2 cm³/mol. The molecule has 3 fully saturated rings. The van der Waals surface area contributed by atoms with E-state index in [1.807, 2.05) is 0 Å². The Labute approximate surface area is 86.2 Å². The first-order chi connectivity index (χ1) is 6.17. The first-order valence-corrected chi connectivity index (χ1v) is 5.92. The lowest BCUT2D eigenvalue weighted by Crippen LogP contribution is -2.42. The third-order valence-electron chi connectivity index (χ3n) is 4.91. The fourth-order valence-corrected chi connectivity index (χ4v) is 3.87. The van der Waals surface area contributed by atoms with Crippen molar-refractivity contribution in [2.75, 3.05) is 13.1 Å². The highest BCUT2D eigenvalue weighted by Crippen LogP contribution is 2.62. The van der Waals surface area contributed by atoms with Crippen molar-refractivity contribution in [3.05, 3.63) is 0 Å². The van der Waals surface area contributed by atoms with Crippen LogP contribution in [0.5, 0.6) is 0 Å². The van der Waals surface area contributed by atoms with Gasteiger partial charge in [-0.15, -0.1) is 0 Å². The van der Waals surface area contributed by atoms with E-state index in [1.54, 1.807) is 0 Å². The molecule has 1 saturated carbocycles. The first-order valence-electron chi connectivity index (χ1n) is 5.92. The van der Waals surface area contributed by atoms with Gasteiger partial charge in [0.1, 0.15) is 0 Å². The summed E-state index contributed by atoms with van der Waals surface area (Å²) in [7, 11) is 0. The van der Waals surface area contributed by atoms with Gasteiger partial charge in [-0.05, 0) is 50.0 Å². The van der Waals surface area contributed by atoms with Crippen LogP contribution in [0.3, 0.4) is 0 Å². The Morgan fingerprint density at radius 2 is 1.86 bits per heavy atom. The Bertz CT molecular complexity index is 234. The van der Waals surface area contributed by atoms with Crippen LogP contribution in [0.2, 0.25) is 0 Å². The van der Waals surface area contributed by atoms with Crippen LogP contribution < -0.4 is 0 Å². The second-order valence-electron chi connectivity index (χ2n) is 5.96. The van der Waals surface area contributed by atoms with Crippen LogP contribution >= 0.6 is 0 Å². The molecule has 1 nitrogen and oxygen atoms in total. The monoisotopic (exact) mass is 199 g/mol. The van der Waals surface area contributed by atoms with Gasteiger partial charge in [0.15, 0.2) is 0 Å². The van der Waals surface area contributed by atoms with E-state index in [-0.39, 0.29) is 4.70 Å². The smallest absolute Gasteiger partial charge is 0.0238 e. The lowest BCUT2D eigenvalue weighted by Gasteiger charge is -2.36. The summed E-state index contributed by atoms with van der Waals surface area (Å²) >= 11 is 0. The molecule has 0 aromatic rings. The van der Waals surface area contributed by atoms with Crippen LogP contribution in [0.15, 0.2) is 0 Å². The minimum absolute atomic E-state index is 0. The zero-order valence-corrected chi connectivity index (χ0v) is 9.38. The zero-order chi connectivity index (χ0) is 9.10. The molecule has 1 aliphatic carbocycles. The highest BCUT2D eigenvalue weighted by Gasteiger charge is 2.60. The van der Waals surface area contributed by atoms with Gasteiger partial charge in [-0.1, -0.05) is 13.8 Å². The van der Waals surface area contributed by atoms with Crippen LogP contribution in [-0.4, -0.2) is 23.5 Å². The van der Waals surface area contributed by atoms with E-state index in [9.17, 15) is 0 Å². The summed E-state index contributed by atoms with van der Waals surface area (Å²) in [6, 6.07) is 0. The zero-order valence-electron chi connectivity index (χ0n) is 9.38. The summed E-state index contributed by atoms with van der Waals surface area (Å²) in [6.07, 6.45) is 7.51. The maximum Gasteiger partial charge on any atom is 0.0238 e. The Morgan fingerprint density at radius 1 is 1.14 bits per heavy atom. The SMILES string of the molecule is CC(C)[C@]12CCCN1CC1(CC1)C2.F. The standard InChI is InChI=1S/C12H21N.FH/c1-10(2)12-4-3-7-13(12)9-11(8-12)5-6-11;/h10H,3-9H2,1-2H3;1H/t12-;/m1./s1. The average Bonchev–Trinajstić information content (AvgIpc) is 2.50. The molecule has 0 aromatic carbocycles. The molecule has 2 saturated heterocycles. The lowest BCUT2D eigenvalue weighted by molar-refractivity contribution is 0.136. The van der Waals surface area contributed by atoms with E-state index >= 15 is 0 Å². The van der Waals surface area contributed by atoms with Crippen molar-refractivity contribution in [3.8, 4) is 0 Å². The van der Waals surface area contributed by atoms with Gasteiger partial charge in [0, 0.05) is 12.1 Å².